The molecule has 3 rings (SSSR count). The van der Waals surface area contributed by atoms with E-state index in [0.717, 1.165) is 16.8 Å². The number of hydrogen-bond donors (Lipinski definition) is 1. The highest BCUT2D eigenvalue weighted by molar-refractivity contribution is 8.14. The first-order valence-corrected chi connectivity index (χ1v) is 7.84. The molecule has 1 aliphatic carbocycles. The maximum absolute atomic E-state index is 4.89. The predicted octanol–water partition coefficient (Wildman–Crippen LogP) is 4.07. The van der Waals surface area contributed by atoms with E-state index in [1.54, 1.807) is 0 Å². The average molecular weight is 260 g/mol. The summed E-state index contributed by atoms with van der Waals surface area (Å²) >= 11 is 1.89. The van der Waals surface area contributed by atoms with Gasteiger partial charge in [0, 0.05) is 11.4 Å². The van der Waals surface area contributed by atoms with Gasteiger partial charge in [-0.2, -0.15) is 0 Å². The first-order chi connectivity index (χ1) is 8.81. The highest BCUT2D eigenvalue weighted by Gasteiger charge is 2.28. The highest BCUT2D eigenvalue weighted by atomic mass is 32.2. The zero-order valence-corrected chi connectivity index (χ0v) is 11.7. The van der Waals surface area contributed by atoms with Crippen LogP contribution >= 0.6 is 11.8 Å². The zero-order chi connectivity index (χ0) is 12.4. The second-order valence-corrected chi connectivity index (χ2v) is 6.36. The molecule has 1 aromatic carbocycles. The van der Waals surface area contributed by atoms with Crippen LogP contribution in [0.15, 0.2) is 29.3 Å². The molecule has 0 amide bonds. The van der Waals surface area contributed by atoms with E-state index in [2.05, 4.69) is 36.5 Å². The predicted molar refractivity (Wildman–Crippen MR) is 80.4 cm³/mol. The third-order valence-electron chi connectivity index (χ3n) is 3.89. The highest BCUT2D eigenvalue weighted by Crippen LogP contribution is 2.34. The Bertz CT molecular complexity index is 438. The van der Waals surface area contributed by atoms with Crippen molar-refractivity contribution in [2.75, 3.05) is 11.1 Å². The smallest absolute Gasteiger partial charge is 0.161 e. The molecule has 1 N–H and O–H groups in total. The van der Waals surface area contributed by atoms with Gasteiger partial charge in [-0.3, -0.25) is 4.99 Å². The molecule has 0 spiro atoms. The van der Waals surface area contributed by atoms with Crippen LogP contribution in [0, 0.1) is 12.8 Å². The van der Waals surface area contributed by atoms with E-state index in [-0.39, 0.29) is 0 Å². The first kappa shape index (κ1) is 12.1. The molecule has 1 heterocycles. The van der Waals surface area contributed by atoms with Gasteiger partial charge in [0.25, 0.3) is 0 Å². The first-order valence-electron chi connectivity index (χ1n) is 6.85. The van der Waals surface area contributed by atoms with E-state index in [9.17, 15) is 0 Å². The van der Waals surface area contributed by atoms with Gasteiger partial charge in [0.05, 0.1) is 6.04 Å². The largest absolute Gasteiger partial charge is 0.335 e. The van der Waals surface area contributed by atoms with Gasteiger partial charge in [0.2, 0.25) is 0 Å². The van der Waals surface area contributed by atoms with Crippen molar-refractivity contribution in [1.82, 2.24) is 0 Å². The van der Waals surface area contributed by atoms with Crippen LogP contribution in [0.2, 0.25) is 0 Å². The van der Waals surface area contributed by atoms with E-state index < -0.39 is 0 Å². The molecule has 1 saturated carbocycles. The quantitative estimate of drug-likeness (QED) is 0.823. The van der Waals surface area contributed by atoms with Gasteiger partial charge in [0.15, 0.2) is 5.17 Å². The Labute approximate surface area is 113 Å². The molecule has 18 heavy (non-hydrogen) atoms. The minimum Gasteiger partial charge on any atom is -0.335 e. The van der Waals surface area contributed by atoms with Crippen LogP contribution in [0.1, 0.15) is 31.2 Å². The number of benzene rings is 1. The van der Waals surface area contributed by atoms with E-state index >= 15 is 0 Å². The fourth-order valence-electron chi connectivity index (χ4n) is 2.76. The second-order valence-electron chi connectivity index (χ2n) is 5.35. The van der Waals surface area contributed by atoms with E-state index in [4.69, 9.17) is 4.99 Å². The molecule has 2 aliphatic rings. The normalized spacial score (nSPS) is 27.3. The summed E-state index contributed by atoms with van der Waals surface area (Å²) in [6.07, 6.45) is 5.41. The Balaban J connectivity index is 1.69. The van der Waals surface area contributed by atoms with Crippen molar-refractivity contribution < 1.29 is 0 Å². The van der Waals surface area contributed by atoms with Gasteiger partial charge < -0.3 is 5.32 Å². The Hall–Kier alpha value is -0.960. The summed E-state index contributed by atoms with van der Waals surface area (Å²) in [6.45, 7) is 2.11. The minimum atomic E-state index is 0.577. The van der Waals surface area contributed by atoms with Gasteiger partial charge in [-0.15, -0.1) is 0 Å². The van der Waals surface area contributed by atoms with Crippen LogP contribution in [-0.2, 0) is 0 Å². The lowest BCUT2D eigenvalue weighted by molar-refractivity contribution is 0.336. The number of nitrogens with zero attached hydrogens (tertiary/aromatic N) is 1. The second kappa shape index (κ2) is 5.35. The summed E-state index contributed by atoms with van der Waals surface area (Å²) in [4.78, 5) is 4.89. The number of thioether (sulfide) groups is 1. The van der Waals surface area contributed by atoms with Crippen LogP contribution in [0.25, 0.3) is 0 Å². The number of fused-ring (bicyclic) bond motifs is 1. The molecule has 1 aromatic rings. The third kappa shape index (κ3) is 2.72. The average Bonchev–Trinajstić information content (AvgIpc) is 2.41. The number of hydrogen-bond acceptors (Lipinski definition) is 3. The minimum absolute atomic E-state index is 0.577. The summed E-state index contributed by atoms with van der Waals surface area (Å²) in [7, 11) is 0. The number of aryl methyl sites for hydroxylation is 1. The topological polar surface area (TPSA) is 24.4 Å². The molecule has 0 aromatic heterocycles. The lowest BCUT2D eigenvalue weighted by atomic mass is 9.86. The van der Waals surface area contributed by atoms with Crippen molar-refractivity contribution in [2.24, 2.45) is 10.9 Å². The zero-order valence-electron chi connectivity index (χ0n) is 10.9. The van der Waals surface area contributed by atoms with Crippen LogP contribution in [-0.4, -0.2) is 17.0 Å². The van der Waals surface area contributed by atoms with Crippen molar-refractivity contribution in [3.05, 3.63) is 29.8 Å². The maximum atomic E-state index is 4.89. The van der Waals surface area contributed by atoms with Gasteiger partial charge in [0.1, 0.15) is 0 Å². The summed E-state index contributed by atoms with van der Waals surface area (Å²) in [5.74, 6) is 2.06. The molecule has 96 valence electrons. The van der Waals surface area contributed by atoms with E-state index in [1.807, 2.05) is 11.8 Å². The third-order valence-corrected chi connectivity index (χ3v) is 4.96. The van der Waals surface area contributed by atoms with Gasteiger partial charge in [-0.1, -0.05) is 42.3 Å². The van der Waals surface area contributed by atoms with Crippen molar-refractivity contribution in [1.29, 1.82) is 0 Å². The molecule has 2 atom stereocenters. The number of aliphatic imine (C=N–C) groups is 1. The lowest BCUT2D eigenvalue weighted by Crippen LogP contribution is -2.31. The molecular formula is C15H20N2S. The molecule has 0 saturated heterocycles. The molecule has 0 bridgehead atoms. The number of rotatable bonds is 1. The molecule has 2 unspecified atom stereocenters. The monoisotopic (exact) mass is 260 g/mol. The summed E-state index contributed by atoms with van der Waals surface area (Å²) in [5.41, 5.74) is 2.45. The Morgan fingerprint density at radius 3 is 2.78 bits per heavy atom. The molecule has 1 fully saturated rings. The van der Waals surface area contributed by atoms with Crippen molar-refractivity contribution in [3.63, 3.8) is 0 Å². The van der Waals surface area contributed by atoms with Crippen molar-refractivity contribution in [2.45, 2.75) is 38.6 Å². The van der Waals surface area contributed by atoms with Crippen LogP contribution in [0.5, 0.6) is 0 Å². The summed E-state index contributed by atoms with van der Waals surface area (Å²) in [6, 6.07) is 9.11. The van der Waals surface area contributed by atoms with Crippen LogP contribution in [0.4, 0.5) is 5.69 Å². The maximum Gasteiger partial charge on any atom is 0.161 e. The van der Waals surface area contributed by atoms with E-state index in [1.165, 1.54) is 37.0 Å². The van der Waals surface area contributed by atoms with Crippen molar-refractivity contribution >= 4 is 22.6 Å². The fourth-order valence-corrected chi connectivity index (χ4v) is 3.92. The molecule has 0 radical (unpaired) electrons. The molecule has 1 aliphatic heterocycles. The molecule has 2 nitrogen and oxygen atoms in total. The van der Waals surface area contributed by atoms with Gasteiger partial charge in [-0.25, -0.2) is 0 Å². The van der Waals surface area contributed by atoms with Crippen LogP contribution < -0.4 is 5.32 Å². The molecule has 3 heteroatoms. The number of amidine groups is 1. The van der Waals surface area contributed by atoms with Crippen LogP contribution in [0.3, 0.4) is 0 Å². The number of nitrogens with one attached hydrogen (secondary N) is 1. The Morgan fingerprint density at radius 1 is 1.17 bits per heavy atom. The van der Waals surface area contributed by atoms with Gasteiger partial charge in [-0.05, 0) is 37.8 Å². The SMILES string of the molecule is Cc1ccc(NC2=NC3CCCCC3CS2)cc1. The van der Waals surface area contributed by atoms with E-state index in [0.29, 0.717) is 6.04 Å². The lowest BCUT2D eigenvalue weighted by Gasteiger charge is -2.32. The van der Waals surface area contributed by atoms with Crippen molar-refractivity contribution in [3.8, 4) is 0 Å². The fraction of sp³-hybridized carbons (Fsp3) is 0.533. The van der Waals surface area contributed by atoms with Gasteiger partial charge >= 0.3 is 0 Å². The summed E-state index contributed by atoms with van der Waals surface area (Å²) < 4.78 is 0. The Kier molecular flexibility index (Phi) is 3.59. The Morgan fingerprint density at radius 2 is 1.94 bits per heavy atom. The summed E-state index contributed by atoms with van der Waals surface area (Å²) in [5, 5.41) is 4.57. The number of anilines is 1. The standard InChI is InChI=1S/C15H20N2S/c1-11-6-8-13(9-7-11)16-15-17-14-5-3-2-4-12(14)10-18-15/h6-9,12,14H,2-5,10H2,1H3,(H,16,17). The molecular weight excluding hydrogens is 240 g/mol.